The molecule has 15 heavy (non-hydrogen) atoms. The van der Waals surface area contributed by atoms with Crippen molar-refractivity contribution in [2.75, 3.05) is 11.1 Å². The summed E-state index contributed by atoms with van der Waals surface area (Å²) in [5.74, 6) is 0.866. The second-order valence-electron chi connectivity index (χ2n) is 4.13. The van der Waals surface area contributed by atoms with Crippen LogP contribution in [-0.2, 0) is 0 Å². The number of nitrogens with one attached hydrogen (secondary N) is 1. The normalized spacial score (nSPS) is 26.2. The molecule has 1 aromatic rings. The molecule has 0 unspecified atom stereocenters. The summed E-state index contributed by atoms with van der Waals surface area (Å²) in [4.78, 5) is 4.19. The Kier molecular flexibility index (Phi) is 3.06. The van der Waals surface area contributed by atoms with Crippen LogP contribution in [0.2, 0.25) is 0 Å². The smallest absolute Gasteiger partial charge is 0.126 e. The maximum atomic E-state index is 9.37. The van der Waals surface area contributed by atoms with Gasteiger partial charge in [-0.2, -0.15) is 0 Å². The maximum Gasteiger partial charge on any atom is 0.126 e. The van der Waals surface area contributed by atoms with E-state index < -0.39 is 0 Å². The highest BCUT2D eigenvalue weighted by Crippen LogP contribution is 2.21. The van der Waals surface area contributed by atoms with E-state index in [1.54, 1.807) is 6.20 Å². The van der Waals surface area contributed by atoms with Crippen LogP contribution in [0.1, 0.15) is 25.7 Å². The summed E-state index contributed by atoms with van der Waals surface area (Å²) >= 11 is 0. The van der Waals surface area contributed by atoms with E-state index in [-0.39, 0.29) is 6.10 Å². The van der Waals surface area contributed by atoms with Gasteiger partial charge < -0.3 is 16.2 Å². The number of nitrogens with two attached hydrogens (primary N) is 1. The number of hydrogen-bond acceptors (Lipinski definition) is 4. The van der Waals surface area contributed by atoms with E-state index in [1.165, 1.54) is 0 Å². The van der Waals surface area contributed by atoms with Gasteiger partial charge in [-0.05, 0) is 37.8 Å². The molecule has 1 aromatic heterocycles. The Hall–Kier alpha value is -1.29. The summed E-state index contributed by atoms with van der Waals surface area (Å²) in [6.45, 7) is 0. The fraction of sp³-hybridized carbons (Fsp3) is 0.545. The molecular formula is C11H17N3O. The molecule has 1 heterocycles. The lowest BCUT2D eigenvalue weighted by Crippen LogP contribution is -2.28. The summed E-state index contributed by atoms with van der Waals surface area (Å²) < 4.78 is 0. The van der Waals surface area contributed by atoms with Crippen LogP contribution in [0.15, 0.2) is 18.3 Å². The van der Waals surface area contributed by atoms with E-state index in [1.807, 2.05) is 12.1 Å². The molecule has 4 heteroatoms. The zero-order valence-corrected chi connectivity index (χ0v) is 8.69. The van der Waals surface area contributed by atoms with Crippen LogP contribution in [0, 0.1) is 0 Å². The molecule has 2 rings (SSSR count). The van der Waals surface area contributed by atoms with Crippen molar-refractivity contribution in [1.82, 2.24) is 4.98 Å². The number of aliphatic hydroxyl groups excluding tert-OH is 1. The van der Waals surface area contributed by atoms with Crippen molar-refractivity contribution in [2.45, 2.75) is 37.8 Å². The molecular weight excluding hydrogens is 190 g/mol. The molecule has 0 aromatic carbocycles. The molecule has 1 aliphatic rings. The molecule has 1 saturated carbocycles. The second kappa shape index (κ2) is 4.49. The van der Waals surface area contributed by atoms with Crippen molar-refractivity contribution in [3.8, 4) is 0 Å². The molecule has 0 radical (unpaired) electrons. The molecule has 0 amide bonds. The summed E-state index contributed by atoms with van der Waals surface area (Å²) in [6, 6.07) is 4.16. The van der Waals surface area contributed by atoms with Crippen LogP contribution in [0.5, 0.6) is 0 Å². The van der Waals surface area contributed by atoms with Gasteiger partial charge in [-0.15, -0.1) is 0 Å². The number of anilines is 2. The second-order valence-corrected chi connectivity index (χ2v) is 4.13. The maximum absolute atomic E-state index is 9.37. The molecule has 4 N–H and O–H groups in total. The van der Waals surface area contributed by atoms with E-state index in [0.29, 0.717) is 11.7 Å². The number of aliphatic hydroxyl groups is 1. The minimum absolute atomic E-state index is 0.109. The minimum atomic E-state index is -0.109. The lowest BCUT2D eigenvalue weighted by molar-refractivity contribution is 0.126. The Labute approximate surface area is 89.5 Å². The molecule has 1 fully saturated rings. The van der Waals surface area contributed by atoms with Gasteiger partial charge in [-0.3, -0.25) is 0 Å². The average Bonchev–Trinajstić information content (AvgIpc) is 2.25. The van der Waals surface area contributed by atoms with Crippen LogP contribution in [0.4, 0.5) is 11.5 Å². The van der Waals surface area contributed by atoms with Gasteiger partial charge in [0.25, 0.3) is 0 Å². The zero-order valence-electron chi connectivity index (χ0n) is 8.69. The predicted octanol–water partition coefficient (Wildman–Crippen LogP) is 1.38. The largest absolute Gasteiger partial charge is 0.397 e. The fourth-order valence-corrected chi connectivity index (χ4v) is 1.92. The molecule has 4 nitrogen and oxygen atoms in total. The highest BCUT2D eigenvalue weighted by molar-refractivity contribution is 5.44. The first-order valence-corrected chi connectivity index (χ1v) is 5.40. The fourth-order valence-electron chi connectivity index (χ4n) is 1.92. The molecule has 0 spiro atoms. The molecule has 0 aliphatic heterocycles. The van der Waals surface area contributed by atoms with E-state index >= 15 is 0 Å². The monoisotopic (exact) mass is 207 g/mol. The van der Waals surface area contributed by atoms with Gasteiger partial charge in [0.2, 0.25) is 0 Å². The van der Waals surface area contributed by atoms with E-state index in [4.69, 9.17) is 5.73 Å². The molecule has 0 bridgehead atoms. The zero-order chi connectivity index (χ0) is 10.7. The quantitative estimate of drug-likeness (QED) is 0.685. The van der Waals surface area contributed by atoms with Crippen molar-refractivity contribution in [2.24, 2.45) is 0 Å². The van der Waals surface area contributed by atoms with Crippen LogP contribution >= 0.6 is 0 Å². The molecule has 0 atom stereocenters. The number of nitrogens with zero attached hydrogens (tertiary/aromatic N) is 1. The summed E-state index contributed by atoms with van der Waals surface area (Å²) in [5.41, 5.74) is 6.23. The first-order valence-electron chi connectivity index (χ1n) is 5.40. The van der Waals surface area contributed by atoms with Crippen LogP contribution in [-0.4, -0.2) is 22.2 Å². The Bertz CT molecular complexity index is 304. The minimum Gasteiger partial charge on any atom is -0.397 e. The number of nitrogen functional groups attached to an aromatic ring is 1. The van der Waals surface area contributed by atoms with Gasteiger partial charge in [0.05, 0.1) is 18.0 Å². The first kappa shape index (κ1) is 10.2. The third-order valence-corrected chi connectivity index (χ3v) is 2.84. The standard InChI is InChI=1S/C11H17N3O/c12-8-1-6-11(13-7-8)14-9-2-4-10(15)5-3-9/h1,6-7,9-10,15H,2-5,12H2,(H,13,14). The third kappa shape index (κ3) is 2.83. The summed E-state index contributed by atoms with van der Waals surface area (Å²) in [6.07, 6.45) is 5.32. The first-order chi connectivity index (χ1) is 7.24. The lowest BCUT2D eigenvalue weighted by Gasteiger charge is -2.26. The van der Waals surface area contributed by atoms with Crippen molar-refractivity contribution >= 4 is 11.5 Å². The van der Waals surface area contributed by atoms with Crippen LogP contribution in [0.3, 0.4) is 0 Å². The lowest BCUT2D eigenvalue weighted by atomic mass is 9.93. The van der Waals surface area contributed by atoms with Gasteiger partial charge in [0.1, 0.15) is 5.82 Å². The summed E-state index contributed by atoms with van der Waals surface area (Å²) in [5, 5.41) is 12.7. The highest BCUT2D eigenvalue weighted by Gasteiger charge is 2.19. The molecule has 0 saturated heterocycles. The highest BCUT2D eigenvalue weighted by atomic mass is 16.3. The van der Waals surface area contributed by atoms with Crippen molar-refractivity contribution in [3.05, 3.63) is 18.3 Å². The van der Waals surface area contributed by atoms with Gasteiger partial charge in [0, 0.05) is 6.04 Å². The number of aromatic nitrogens is 1. The Morgan fingerprint density at radius 3 is 2.60 bits per heavy atom. The Morgan fingerprint density at radius 1 is 1.27 bits per heavy atom. The number of pyridine rings is 1. The van der Waals surface area contributed by atoms with Crippen molar-refractivity contribution in [1.29, 1.82) is 0 Å². The number of hydrogen-bond donors (Lipinski definition) is 3. The van der Waals surface area contributed by atoms with E-state index in [9.17, 15) is 5.11 Å². The van der Waals surface area contributed by atoms with Gasteiger partial charge in [-0.25, -0.2) is 4.98 Å². The van der Waals surface area contributed by atoms with Crippen LogP contribution < -0.4 is 11.1 Å². The van der Waals surface area contributed by atoms with Gasteiger partial charge in [-0.1, -0.05) is 0 Å². The van der Waals surface area contributed by atoms with Crippen LogP contribution in [0.25, 0.3) is 0 Å². The van der Waals surface area contributed by atoms with Crippen molar-refractivity contribution < 1.29 is 5.11 Å². The van der Waals surface area contributed by atoms with Gasteiger partial charge in [0.15, 0.2) is 0 Å². The van der Waals surface area contributed by atoms with Crippen molar-refractivity contribution in [3.63, 3.8) is 0 Å². The van der Waals surface area contributed by atoms with E-state index in [0.717, 1.165) is 31.5 Å². The van der Waals surface area contributed by atoms with E-state index in [2.05, 4.69) is 10.3 Å². The third-order valence-electron chi connectivity index (χ3n) is 2.84. The molecule has 82 valence electrons. The Balaban J connectivity index is 1.89. The van der Waals surface area contributed by atoms with Gasteiger partial charge >= 0.3 is 0 Å². The number of rotatable bonds is 2. The SMILES string of the molecule is Nc1ccc(NC2CCC(O)CC2)nc1. The predicted molar refractivity (Wildman–Crippen MR) is 60.5 cm³/mol. The Morgan fingerprint density at radius 2 is 2.00 bits per heavy atom. The summed E-state index contributed by atoms with van der Waals surface area (Å²) in [7, 11) is 0. The topological polar surface area (TPSA) is 71.2 Å². The molecule has 1 aliphatic carbocycles. The average molecular weight is 207 g/mol.